The van der Waals surface area contributed by atoms with Gasteiger partial charge in [0.2, 0.25) is 0 Å². The first-order valence-electron chi connectivity index (χ1n) is 7.73. The van der Waals surface area contributed by atoms with Gasteiger partial charge in [0.1, 0.15) is 18.1 Å². The molecule has 0 fully saturated rings. The van der Waals surface area contributed by atoms with Crippen LogP contribution in [0.15, 0.2) is 51.7 Å². The smallest absolute Gasteiger partial charge is 0.419 e. The summed E-state index contributed by atoms with van der Waals surface area (Å²) in [7, 11) is 3.22. The van der Waals surface area contributed by atoms with Gasteiger partial charge in [-0.3, -0.25) is 9.36 Å². The summed E-state index contributed by atoms with van der Waals surface area (Å²) in [5.74, 6) is 0.735. The summed E-state index contributed by atoms with van der Waals surface area (Å²) < 4.78 is 17.1. The molecule has 1 N–H and O–H groups in total. The average Bonchev–Trinajstić information content (AvgIpc) is 2.92. The number of hydrogen-bond acceptors (Lipinski definition) is 5. The van der Waals surface area contributed by atoms with Crippen LogP contribution in [-0.4, -0.2) is 30.7 Å². The van der Waals surface area contributed by atoms with Gasteiger partial charge >= 0.3 is 5.76 Å². The van der Waals surface area contributed by atoms with Crippen LogP contribution in [0.3, 0.4) is 0 Å². The van der Waals surface area contributed by atoms with E-state index in [9.17, 15) is 9.59 Å². The van der Waals surface area contributed by atoms with Gasteiger partial charge < -0.3 is 19.2 Å². The van der Waals surface area contributed by atoms with Crippen LogP contribution >= 0.6 is 0 Å². The second kappa shape index (κ2) is 7.12. The maximum atomic E-state index is 12.2. The number of fused-ring (bicyclic) bond motifs is 1. The van der Waals surface area contributed by atoms with E-state index >= 15 is 0 Å². The van der Waals surface area contributed by atoms with Gasteiger partial charge in [-0.1, -0.05) is 0 Å². The van der Waals surface area contributed by atoms with Crippen molar-refractivity contribution in [1.82, 2.24) is 9.88 Å². The normalized spacial score (nSPS) is 10.6. The second-order valence-corrected chi connectivity index (χ2v) is 5.39. The molecular weight excluding hydrogens is 324 g/mol. The number of amides is 1. The lowest BCUT2D eigenvalue weighted by Crippen LogP contribution is -2.28. The Kier molecular flexibility index (Phi) is 4.74. The fourth-order valence-electron chi connectivity index (χ4n) is 2.38. The zero-order valence-corrected chi connectivity index (χ0v) is 13.9. The molecule has 0 radical (unpaired) electrons. The van der Waals surface area contributed by atoms with Crippen LogP contribution in [0.1, 0.15) is 10.4 Å². The van der Waals surface area contributed by atoms with Crippen LogP contribution < -0.4 is 20.5 Å². The number of benzene rings is 2. The summed E-state index contributed by atoms with van der Waals surface area (Å²) in [5.41, 5.74) is 1.45. The summed E-state index contributed by atoms with van der Waals surface area (Å²) >= 11 is 0. The predicted molar refractivity (Wildman–Crippen MR) is 92.3 cm³/mol. The first-order valence-corrected chi connectivity index (χ1v) is 7.73. The minimum Gasteiger partial charge on any atom is -0.497 e. The van der Waals surface area contributed by atoms with Gasteiger partial charge in [0, 0.05) is 12.6 Å². The average molecular weight is 342 g/mol. The molecule has 0 saturated heterocycles. The maximum Gasteiger partial charge on any atom is 0.419 e. The molecule has 7 heteroatoms. The van der Waals surface area contributed by atoms with E-state index in [1.54, 1.807) is 56.6 Å². The molecule has 0 bridgehead atoms. The van der Waals surface area contributed by atoms with Crippen molar-refractivity contribution in [2.45, 2.75) is 0 Å². The first-order chi connectivity index (χ1) is 12.1. The molecule has 0 atom stereocenters. The summed E-state index contributed by atoms with van der Waals surface area (Å²) in [5, 5.41) is 2.76. The Balaban J connectivity index is 1.54. The van der Waals surface area contributed by atoms with Crippen molar-refractivity contribution < 1.29 is 18.7 Å². The molecule has 0 saturated carbocycles. The minimum atomic E-state index is -0.458. The molecule has 1 heterocycles. The Morgan fingerprint density at radius 2 is 1.88 bits per heavy atom. The zero-order chi connectivity index (χ0) is 17.8. The number of hydrogen-bond donors (Lipinski definition) is 1. The molecular formula is C18H18N2O5. The van der Waals surface area contributed by atoms with Gasteiger partial charge in [-0.05, 0) is 42.5 Å². The maximum absolute atomic E-state index is 12.2. The van der Waals surface area contributed by atoms with E-state index in [-0.39, 0.29) is 5.91 Å². The van der Waals surface area contributed by atoms with Gasteiger partial charge in [0.15, 0.2) is 5.58 Å². The van der Waals surface area contributed by atoms with Gasteiger partial charge in [-0.15, -0.1) is 0 Å². The first kappa shape index (κ1) is 16.6. The van der Waals surface area contributed by atoms with Crippen molar-refractivity contribution in [3.63, 3.8) is 0 Å². The molecule has 3 rings (SSSR count). The van der Waals surface area contributed by atoms with Crippen LogP contribution in [-0.2, 0) is 7.05 Å². The highest BCUT2D eigenvalue weighted by Gasteiger charge is 2.10. The zero-order valence-electron chi connectivity index (χ0n) is 13.9. The van der Waals surface area contributed by atoms with E-state index in [0.717, 1.165) is 5.75 Å². The Morgan fingerprint density at radius 1 is 1.16 bits per heavy atom. The Hall–Kier alpha value is -3.22. The van der Waals surface area contributed by atoms with E-state index in [0.29, 0.717) is 35.6 Å². The number of carbonyl (C=O) groups is 1. The van der Waals surface area contributed by atoms with Crippen molar-refractivity contribution in [2.75, 3.05) is 20.3 Å². The van der Waals surface area contributed by atoms with Crippen LogP contribution in [0.4, 0.5) is 0 Å². The number of rotatable bonds is 6. The van der Waals surface area contributed by atoms with Gasteiger partial charge in [-0.25, -0.2) is 4.79 Å². The third-order valence-corrected chi connectivity index (χ3v) is 3.77. The SMILES string of the molecule is COc1ccc(OCCNC(=O)c2ccc3c(c2)oc(=O)n3C)cc1. The standard InChI is InChI=1S/C18H18N2O5/c1-20-15-8-3-12(11-16(15)25-18(20)22)17(21)19-9-10-24-14-6-4-13(23-2)5-7-14/h3-8,11H,9-10H2,1-2H3,(H,19,21). The van der Waals surface area contributed by atoms with Crippen molar-refractivity contribution in [2.24, 2.45) is 7.05 Å². The van der Waals surface area contributed by atoms with Crippen LogP contribution in [0.25, 0.3) is 11.1 Å². The van der Waals surface area contributed by atoms with Crippen molar-refractivity contribution in [1.29, 1.82) is 0 Å². The van der Waals surface area contributed by atoms with E-state index in [1.807, 2.05) is 0 Å². The van der Waals surface area contributed by atoms with Gasteiger partial charge in [-0.2, -0.15) is 0 Å². The van der Waals surface area contributed by atoms with E-state index < -0.39 is 5.76 Å². The second-order valence-electron chi connectivity index (χ2n) is 5.39. The topological polar surface area (TPSA) is 82.7 Å². The number of carbonyl (C=O) groups excluding carboxylic acids is 1. The summed E-state index contributed by atoms with van der Waals surface area (Å²) in [6, 6.07) is 12.1. The number of aryl methyl sites for hydroxylation is 1. The molecule has 0 spiro atoms. The molecule has 0 aliphatic rings. The number of aromatic nitrogens is 1. The molecule has 0 aliphatic heterocycles. The molecule has 25 heavy (non-hydrogen) atoms. The lowest BCUT2D eigenvalue weighted by atomic mass is 10.2. The number of nitrogens with one attached hydrogen (secondary N) is 1. The van der Waals surface area contributed by atoms with Gasteiger partial charge in [0.25, 0.3) is 5.91 Å². The van der Waals surface area contributed by atoms with Crippen LogP contribution in [0, 0.1) is 0 Å². The third-order valence-electron chi connectivity index (χ3n) is 3.77. The molecule has 3 aromatic rings. The quantitative estimate of drug-likeness (QED) is 0.692. The third kappa shape index (κ3) is 3.65. The molecule has 1 amide bonds. The van der Waals surface area contributed by atoms with Crippen molar-refractivity contribution in [3.05, 3.63) is 58.6 Å². The number of methoxy groups -OCH3 is 1. The molecule has 0 unspecified atom stereocenters. The van der Waals surface area contributed by atoms with E-state index in [2.05, 4.69) is 5.32 Å². The molecule has 1 aromatic heterocycles. The van der Waals surface area contributed by atoms with Crippen LogP contribution in [0.2, 0.25) is 0 Å². The van der Waals surface area contributed by atoms with Crippen molar-refractivity contribution in [3.8, 4) is 11.5 Å². The lowest BCUT2D eigenvalue weighted by molar-refractivity contribution is 0.0947. The predicted octanol–water partition coefficient (Wildman–Crippen LogP) is 1.95. The van der Waals surface area contributed by atoms with Crippen molar-refractivity contribution >= 4 is 17.0 Å². The Bertz CT molecular complexity index is 940. The van der Waals surface area contributed by atoms with E-state index in [4.69, 9.17) is 13.9 Å². The highest BCUT2D eigenvalue weighted by molar-refractivity contribution is 5.97. The summed E-state index contributed by atoms with van der Waals surface area (Å²) in [6.07, 6.45) is 0. The lowest BCUT2D eigenvalue weighted by Gasteiger charge is -2.08. The Morgan fingerprint density at radius 3 is 2.60 bits per heavy atom. The fraction of sp³-hybridized carbons (Fsp3) is 0.222. The number of nitrogens with zero attached hydrogens (tertiary/aromatic N) is 1. The van der Waals surface area contributed by atoms with E-state index in [1.165, 1.54) is 4.57 Å². The summed E-state index contributed by atoms with van der Waals surface area (Å²) in [6.45, 7) is 0.683. The molecule has 2 aromatic carbocycles. The minimum absolute atomic E-state index is 0.258. The monoisotopic (exact) mass is 342 g/mol. The highest BCUT2D eigenvalue weighted by Crippen LogP contribution is 2.17. The van der Waals surface area contributed by atoms with Crippen LogP contribution in [0.5, 0.6) is 11.5 Å². The number of ether oxygens (including phenoxy) is 2. The fourth-order valence-corrected chi connectivity index (χ4v) is 2.38. The Labute approximate surface area is 143 Å². The molecule has 130 valence electrons. The summed E-state index contributed by atoms with van der Waals surface area (Å²) in [4.78, 5) is 23.6. The molecule has 0 aliphatic carbocycles. The molecule has 7 nitrogen and oxygen atoms in total. The van der Waals surface area contributed by atoms with Gasteiger partial charge in [0.05, 0.1) is 19.2 Å². The highest BCUT2D eigenvalue weighted by atomic mass is 16.5. The largest absolute Gasteiger partial charge is 0.497 e. The number of oxazole rings is 1.